The van der Waals surface area contributed by atoms with Crippen LogP contribution >= 0.6 is 35.3 Å². The summed E-state index contributed by atoms with van der Waals surface area (Å²) in [5.41, 5.74) is 1.10. The molecule has 0 saturated heterocycles. The topological polar surface area (TPSA) is 65.5 Å². The minimum absolute atomic E-state index is 0. The molecule has 0 atom stereocenters. The fourth-order valence-electron chi connectivity index (χ4n) is 1.98. The minimum atomic E-state index is 0. The molecule has 0 unspecified atom stereocenters. The third-order valence-corrected chi connectivity index (χ3v) is 4.09. The molecule has 2 aromatic rings. The van der Waals surface area contributed by atoms with Crippen LogP contribution in [0.25, 0.3) is 0 Å². The van der Waals surface area contributed by atoms with Gasteiger partial charge in [-0.3, -0.25) is 9.79 Å². The monoisotopic (exact) mass is 458 g/mol. The quantitative estimate of drug-likeness (QED) is 0.340. The van der Waals surface area contributed by atoms with Crippen LogP contribution < -0.4 is 16.0 Å². The van der Waals surface area contributed by atoms with E-state index in [1.165, 1.54) is 4.88 Å². The highest BCUT2D eigenvalue weighted by Crippen LogP contribution is 2.07. The summed E-state index contributed by atoms with van der Waals surface area (Å²) in [7, 11) is 1.72. The fourth-order valence-corrected chi connectivity index (χ4v) is 2.63. The Bertz CT molecular complexity index is 617. The minimum Gasteiger partial charge on any atom is -0.356 e. The first-order valence-corrected chi connectivity index (χ1v) is 8.43. The van der Waals surface area contributed by atoms with Gasteiger partial charge in [0.05, 0.1) is 6.54 Å². The summed E-state index contributed by atoms with van der Waals surface area (Å²) in [5, 5.41) is 11.3. The smallest absolute Gasteiger partial charge is 0.222 e. The van der Waals surface area contributed by atoms with E-state index < -0.39 is 0 Å². The number of guanidine groups is 1. The highest BCUT2D eigenvalue weighted by Gasteiger charge is 2.03. The average Bonchev–Trinajstić information content (AvgIpc) is 3.10. The fraction of sp³-hybridized carbons (Fsp3) is 0.294. The van der Waals surface area contributed by atoms with Gasteiger partial charge in [-0.15, -0.1) is 35.3 Å². The molecule has 1 aromatic carbocycles. The second-order valence-corrected chi connectivity index (χ2v) is 5.98. The van der Waals surface area contributed by atoms with E-state index in [1.54, 1.807) is 18.4 Å². The SMILES string of the molecule is CN=C(NCCC(=O)NCc1ccccc1)NCc1cccs1.I. The lowest BCUT2D eigenvalue weighted by molar-refractivity contribution is -0.121. The third-order valence-electron chi connectivity index (χ3n) is 3.21. The molecule has 1 aromatic heterocycles. The maximum Gasteiger partial charge on any atom is 0.222 e. The van der Waals surface area contributed by atoms with Gasteiger partial charge in [0, 0.05) is 31.4 Å². The van der Waals surface area contributed by atoms with E-state index in [1.807, 2.05) is 41.8 Å². The van der Waals surface area contributed by atoms with Gasteiger partial charge in [-0.1, -0.05) is 36.4 Å². The lowest BCUT2D eigenvalue weighted by Crippen LogP contribution is -2.38. The molecule has 3 N–H and O–H groups in total. The summed E-state index contributed by atoms with van der Waals surface area (Å²) in [6.45, 7) is 1.84. The van der Waals surface area contributed by atoms with E-state index in [4.69, 9.17) is 0 Å². The van der Waals surface area contributed by atoms with Crippen LogP contribution in [-0.4, -0.2) is 25.5 Å². The van der Waals surface area contributed by atoms with E-state index in [2.05, 4.69) is 27.0 Å². The molecule has 0 aliphatic heterocycles. The zero-order chi connectivity index (χ0) is 16.3. The van der Waals surface area contributed by atoms with Gasteiger partial charge in [0.1, 0.15) is 0 Å². The van der Waals surface area contributed by atoms with Gasteiger partial charge in [0.2, 0.25) is 5.91 Å². The van der Waals surface area contributed by atoms with E-state index >= 15 is 0 Å². The lowest BCUT2D eigenvalue weighted by atomic mass is 10.2. The molecule has 0 saturated carbocycles. The molecular weight excluding hydrogens is 435 g/mol. The molecule has 0 fully saturated rings. The number of carbonyl (C=O) groups excluding carboxylic acids is 1. The first-order valence-electron chi connectivity index (χ1n) is 7.55. The average molecular weight is 458 g/mol. The molecule has 5 nitrogen and oxygen atoms in total. The molecule has 0 radical (unpaired) electrons. The maximum atomic E-state index is 11.8. The van der Waals surface area contributed by atoms with E-state index in [0.717, 1.165) is 12.1 Å². The Balaban J connectivity index is 0.00000288. The van der Waals surface area contributed by atoms with Gasteiger partial charge in [-0.05, 0) is 17.0 Å². The standard InChI is InChI=1S/C17H22N4OS.HI/c1-18-17(21-13-15-8-5-11-23-15)19-10-9-16(22)20-12-14-6-3-2-4-7-14;/h2-8,11H,9-10,12-13H2,1H3,(H,20,22)(H2,18,19,21);1H. The predicted octanol–water partition coefficient (Wildman–Crippen LogP) is 2.74. The Morgan fingerprint density at radius 3 is 2.50 bits per heavy atom. The van der Waals surface area contributed by atoms with Crippen LogP contribution in [0, 0.1) is 0 Å². The number of nitrogens with zero attached hydrogens (tertiary/aromatic N) is 1. The second kappa shape index (κ2) is 11.9. The number of nitrogens with one attached hydrogen (secondary N) is 3. The first kappa shape index (κ1) is 20.4. The van der Waals surface area contributed by atoms with Crippen LogP contribution in [0.3, 0.4) is 0 Å². The maximum absolute atomic E-state index is 11.8. The molecule has 1 amide bonds. The number of thiophene rings is 1. The summed E-state index contributed by atoms with van der Waals surface area (Å²) >= 11 is 1.70. The normalized spacial score (nSPS) is 10.6. The second-order valence-electron chi connectivity index (χ2n) is 4.94. The highest BCUT2D eigenvalue weighted by atomic mass is 127. The number of hydrogen-bond acceptors (Lipinski definition) is 3. The van der Waals surface area contributed by atoms with Crippen molar-refractivity contribution in [2.75, 3.05) is 13.6 Å². The molecule has 0 bridgehead atoms. The molecule has 0 aliphatic carbocycles. The van der Waals surface area contributed by atoms with Crippen LogP contribution in [0.5, 0.6) is 0 Å². The number of halogens is 1. The zero-order valence-electron chi connectivity index (χ0n) is 13.6. The summed E-state index contributed by atoms with van der Waals surface area (Å²) < 4.78 is 0. The number of aliphatic imine (C=N–C) groups is 1. The number of hydrogen-bond donors (Lipinski definition) is 3. The summed E-state index contributed by atoms with van der Waals surface area (Å²) in [6.07, 6.45) is 0.409. The van der Waals surface area contributed by atoms with Gasteiger partial charge in [-0.25, -0.2) is 0 Å². The molecular formula is C17H23IN4OS. The molecule has 7 heteroatoms. The van der Waals surface area contributed by atoms with Gasteiger partial charge < -0.3 is 16.0 Å². The van der Waals surface area contributed by atoms with Gasteiger partial charge in [-0.2, -0.15) is 0 Å². The van der Waals surface area contributed by atoms with Crippen molar-refractivity contribution in [1.82, 2.24) is 16.0 Å². The molecule has 0 aliphatic rings. The van der Waals surface area contributed by atoms with Crippen LogP contribution in [-0.2, 0) is 17.9 Å². The molecule has 0 spiro atoms. The van der Waals surface area contributed by atoms with E-state index in [0.29, 0.717) is 25.5 Å². The van der Waals surface area contributed by atoms with Crippen molar-refractivity contribution >= 4 is 47.2 Å². The Hall–Kier alpha value is -1.61. The first-order chi connectivity index (χ1) is 11.3. The van der Waals surface area contributed by atoms with Crippen molar-refractivity contribution in [2.45, 2.75) is 19.5 Å². The lowest BCUT2D eigenvalue weighted by Gasteiger charge is -2.11. The molecule has 130 valence electrons. The Morgan fingerprint density at radius 2 is 1.83 bits per heavy atom. The van der Waals surface area contributed by atoms with Gasteiger partial charge >= 0.3 is 0 Å². The summed E-state index contributed by atoms with van der Waals surface area (Å²) in [4.78, 5) is 17.2. The van der Waals surface area contributed by atoms with Crippen LogP contribution in [0.4, 0.5) is 0 Å². The molecule has 2 rings (SSSR count). The summed E-state index contributed by atoms with van der Waals surface area (Å²) in [5.74, 6) is 0.726. The Labute approximate surface area is 164 Å². The van der Waals surface area contributed by atoms with E-state index in [9.17, 15) is 4.79 Å². The summed E-state index contributed by atoms with van der Waals surface area (Å²) in [6, 6.07) is 14.0. The highest BCUT2D eigenvalue weighted by molar-refractivity contribution is 14.0. The van der Waals surface area contributed by atoms with Crippen molar-refractivity contribution in [3.8, 4) is 0 Å². The number of carbonyl (C=O) groups is 1. The molecule has 24 heavy (non-hydrogen) atoms. The van der Waals surface area contributed by atoms with Crippen molar-refractivity contribution in [2.24, 2.45) is 4.99 Å². The molecule has 1 heterocycles. The largest absolute Gasteiger partial charge is 0.356 e. The van der Waals surface area contributed by atoms with E-state index in [-0.39, 0.29) is 29.9 Å². The van der Waals surface area contributed by atoms with Gasteiger partial charge in [0.15, 0.2) is 5.96 Å². The Morgan fingerprint density at radius 1 is 1.04 bits per heavy atom. The van der Waals surface area contributed by atoms with Crippen LogP contribution in [0.2, 0.25) is 0 Å². The van der Waals surface area contributed by atoms with Crippen molar-refractivity contribution in [1.29, 1.82) is 0 Å². The Kier molecular flexibility index (Phi) is 10.1. The number of rotatable bonds is 7. The van der Waals surface area contributed by atoms with Crippen molar-refractivity contribution < 1.29 is 4.79 Å². The van der Waals surface area contributed by atoms with Crippen molar-refractivity contribution in [3.05, 3.63) is 58.3 Å². The van der Waals surface area contributed by atoms with Gasteiger partial charge in [0.25, 0.3) is 0 Å². The number of amides is 1. The third kappa shape index (κ3) is 7.78. The predicted molar refractivity (Wildman–Crippen MR) is 111 cm³/mol. The number of benzene rings is 1. The van der Waals surface area contributed by atoms with Crippen molar-refractivity contribution in [3.63, 3.8) is 0 Å². The van der Waals surface area contributed by atoms with Crippen LogP contribution in [0.15, 0.2) is 52.8 Å². The zero-order valence-corrected chi connectivity index (χ0v) is 16.8. The van der Waals surface area contributed by atoms with Crippen LogP contribution in [0.1, 0.15) is 16.9 Å².